The minimum absolute atomic E-state index is 0.188. The highest BCUT2D eigenvalue weighted by atomic mass is 16.6. The summed E-state index contributed by atoms with van der Waals surface area (Å²) in [6.07, 6.45) is 6.47. The van der Waals surface area contributed by atoms with Gasteiger partial charge in [0, 0.05) is 37.2 Å². The number of rotatable bonds is 18. The topological polar surface area (TPSA) is 89.5 Å². The number of allylic oxidation sites excluding steroid dienone is 2. The van der Waals surface area contributed by atoms with Crippen LogP contribution >= 0.6 is 0 Å². The van der Waals surface area contributed by atoms with E-state index in [4.69, 9.17) is 28.4 Å². The molecule has 3 aromatic carbocycles. The fraction of sp³-hybridized carbons (Fsp3) is 0.364. The first kappa shape index (κ1) is 41.1. The summed E-state index contributed by atoms with van der Waals surface area (Å²) < 4.78 is 33.4. The second kappa shape index (κ2) is 23.2. The predicted molar refractivity (Wildman–Crippen MR) is 203 cm³/mol. The molecular weight excluding hydrogens is 656 g/mol. The first-order valence-corrected chi connectivity index (χ1v) is 17.7. The van der Waals surface area contributed by atoms with Gasteiger partial charge in [-0.2, -0.15) is 0 Å². The molecule has 2 atom stereocenters. The zero-order valence-corrected chi connectivity index (χ0v) is 31.1. The van der Waals surface area contributed by atoms with Gasteiger partial charge in [-0.25, -0.2) is 9.59 Å². The van der Waals surface area contributed by atoms with Gasteiger partial charge in [0.1, 0.15) is 24.7 Å². The molecule has 0 spiro atoms. The number of carbonyl (C=O) groups is 2. The summed E-state index contributed by atoms with van der Waals surface area (Å²) in [7, 11) is 0. The van der Waals surface area contributed by atoms with Crippen molar-refractivity contribution in [3.8, 4) is 35.2 Å². The van der Waals surface area contributed by atoms with Crippen LogP contribution in [0.25, 0.3) is 0 Å². The smallest absolute Gasteiger partial charge is 0.335 e. The Balaban J connectivity index is 1.37. The quantitative estimate of drug-likeness (QED) is 0.0996. The van der Waals surface area contributed by atoms with Crippen LogP contribution in [0.3, 0.4) is 0 Å². The van der Waals surface area contributed by atoms with Crippen molar-refractivity contribution in [3.63, 3.8) is 0 Å². The monoisotopic (exact) mass is 706 g/mol. The Morgan fingerprint density at radius 1 is 0.577 bits per heavy atom. The fourth-order valence-corrected chi connectivity index (χ4v) is 4.70. The van der Waals surface area contributed by atoms with Crippen LogP contribution in [0.1, 0.15) is 63.8 Å². The lowest BCUT2D eigenvalue weighted by Gasteiger charge is -2.18. The molecule has 0 aliphatic rings. The highest BCUT2D eigenvalue weighted by molar-refractivity contribution is 5.75. The molecule has 0 bridgehead atoms. The summed E-state index contributed by atoms with van der Waals surface area (Å²) in [5, 5.41) is 0. The zero-order valence-electron chi connectivity index (χ0n) is 31.1. The minimum atomic E-state index is -0.631. The second-order valence-electron chi connectivity index (χ2n) is 12.1. The van der Waals surface area contributed by atoms with E-state index in [0.717, 1.165) is 33.8 Å². The Morgan fingerprint density at radius 3 is 1.27 bits per heavy atom. The lowest BCUT2D eigenvalue weighted by Crippen LogP contribution is -2.30. The Labute approximate surface area is 309 Å². The molecule has 8 nitrogen and oxygen atoms in total. The molecule has 0 heterocycles. The minimum Gasteiger partial charge on any atom is -0.490 e. The lowest BCUT2D eigenvalue weighted by atomic mass is 10.1. The average molecular weight is 707 g/mol. The molecule has 0 saturated carbocycles. The van der Waals surface area contributed by atoms with Crippen LogP contribution in [0.5, 0.6) is 11.5 Å². The Morgan fingerprint density at radius 2 is 0.942 bits per heavy atom. The maximum atomic E-state index is 12.3. The molecule has 0 saturated heterocycles. The van der Waals surface area contributed by atoms with Gasteiger partial charge in [0.05, 0.1) is 12.2 Å². The fourth-order valence-electron chi connectivity index (χ4n) is 4.70. The van der Waals surface area contributed by atoms with E-state index in [1.807, 2.05) is 126 Å². The van der Waals surface area contributed by atoms with Gasteiger partial charge < -0.3 is 28.4 Å². The molecule has 0 aliphatic carbocycles. The molecule has 0 aliphatic heterocycles. The van der Waals surface area contributed by atoms with Crippen molar-refractivity contribution in [1.29, 1.82) is 0 Å². The van der Waals surface area contributed by atoms with Gasteiger partial charge in [0.15, 0.2) is 12.2 Å². The van der Waals surface area contributed by atoms with Crippen molar-refractivity contribution < 1.29 is 38.0 Å². The second-order valence-corrected chi connectivity index (χ2v) is 12.1. The molecule has 3 rings (SSSR count). The first-order chi connectivity index (χ1) is 25.2. The van der Waals surface area contributed by atoms with Crippen molar-refractivity contribution in [1.82, 2.24) is 0 Å². The van der Waals surface area contributed by atoms with E-state index in [2.05, 4.69) is 23.7 Å². The summed E-state index contributed by atoms with van der Waals surface area (Å²) >= 11 is 0. The number of ether oxygens (including phenoxy) is 6. The molecule has 8 heteroatoms. The van der Waals surface area contributed by atoms with Crippen LogP contribution in [-0.2, 0) is 41.4 Å². The van der Waals surface area contributed by atoms with Crippen LogP contribution in [-0.4, -0.2) is 62.8 Å². The van der Waals surface area contributed by atoms with Crippen molar-refractivity contribution in [2.75, 3.05) is 26.4 Å². The average Bonchev–Trinajstić information content (AvgIpc) is 3.12. The molecule has 0 fully saturated rings. The Kier molecular flexibility index (Phi) is 18.4. The van der Waals surface area contributed by atoms with Gasteiger partial charge in [-0.3, -0.25) is 0 Å². The third-order valence-corrected chi connectivity index (χ3v) is 7.07. The molecule has 0 radical (unpaired) electrons. The molecule has 0 N–H and O–H groups in total. The number of esters is 2. The molecule has 0 unspecified atom stereocenters. The van der Waals surface area contributed by atoms with E-state index in [1.165, 1.54) is 0 Å². The summed E-state index contributed by atoms with van der Waals surface area (Å²) in [4.78, 5) is 24.6. The highest BCUT2D eigenvalue weighted by Gasteiger charge is 2.23. The third kappa shape index (κ3) is 16.2. The number of benzene rings is 3. The van der Waals surface area contributed by atoms with Crippen molar-refractivity contribution >= 4 is 11.9 Å². The van der Waals surface area contributed by atoms with Gasteiger partial charge in [-0.15, -0.1) is 0 Å². The molecule has 52 heavy (non-hydrogen) atoms. The van der Waals surface area contributed by atoms with Crippen molar-refractivity contribution in [2.24, 2.45) is 0 Å². The maximum absolute atomic E-state index is 12.3. The van der Waals surface area contributed by atoms with E-state index in [0.29, 0.717) is 39.3 Å². The number of carbonyl (C=O) groups excluding carboxylic acids is 2. The van der Waals surface area contributed by atoms with E-state index < -0.39 is 12.2 Å². The van der Waals surface area contributed by atoms with Crippen molar-refractivity contribution in [2.45, 2.75) is 78.8 Å². The van der Waals surface area contributed by atoms with Crippen LogP contribution in [0, 0.1) is 23.7 Å². The number of hydrogen-bond acceptors (Lipinski definition) is 8. The first-order valence-electron chi connectivity index (χ1n) is 17.7. The van der Waals surface area contributed by atoms with Gasteiger partial charge in [0.2, 0.25) is 0 Å². The molecule has 3 aromatic rings. The van der Waals surface area contributed by atoms with E-state index in [1.54, 1.807) is 12.2 Å². The van der Waals surface area contributed by atoms with Crippen LogP contribution in [0.4, 0.5) is 0 Å². The SMILES string of the molecule is CCO[C@@H](Cc1ccc(OC/C=C/C#Cc2ccc(C#C/C=C/COc3ccc(C[C@H](OCC)C(=O)OC(C)C)cc3)cc2)cc1)C(=O)OC(C)C. The molecular formula is C44H50O8. The normalized spacial score (nSPS) is 12.2. The summed E-state index contributed by atoms with van der Waals surface area (Å²) in [6, 6.07) is 22.9. The lowest BCUT2D eigenvalue weighted by molar-refractivity contribution is -0.161. The molecule has 0 amide bonds. The van der Waals surface area contributed by atoms with E-state index >= 15 is 0 Å². The standard InChI is InChI=1S/C44H50O8/c1-7-47-41(43(45)51-33(3)4)31-37-21-25-39(26-22-37)49-29-13-9-11-15-35-17-19-36(20-18-35)16-12-10-14-30-50-40-27-23-38(24-28-40)32-42(48-8-2)44(46)52-34(5)6/h9-10,13-14,17-28,33-34,41-42H,7-8,29-32H2,1-6H3/b13-9+,14-10+/t41-,42-/m0/s1. The summed E-state index contributed by atoms with van der Waals surface area (Å²) in [5.74, 6) is 13.0. The van der Waals surface area contributed by atoms with E-state index in [-0.39, 0.29) is 24.1 Å². The van der Waals surface area contributed by atoms with Gasteiger partial charge in [-0.05, 0) is 126 Å². The number of hydrogen-bond donors (Lipinski definition) is 0. The summed E-state index contributed by atoms with van der Waals surface area (Å²) in [5.41, 5.74) is 3.69. The third-order valence-electron chi connectivity index (χ3n) is 7.07. The Bertz CT molecular complexity index is 1570. The van der Waals surface area contributed by atoms with Crippen molar-refractivity contribution in [3.05, 3.63) is 119 Å². The predicted octanol–water partition coefficient (Wildman–Crippen LogP) is 7.46. The van der Waals surface area contributed by atoms with Crippen LogP contribution in [0.15, 0.2) is 97.1 Å². The molecule has 0 aromatic heterocycles. The van der Waals surface area contributed by atoms with Crippen LogP contribution < -0.4 is 9.47 Å². The maximum Gasteiger partial charge on any atom is 0.335 e. The van der Waals surface area contributed by atoms with Gasteiger partial charge >= 0.3 is 11.9 Å². The Hall–Kier alpha value is -5.28. The van der Waals surface area contributed by atoms with Gasteiger partial charge in [0.25, 0.3) is 0 Å². The van der Waals surface area contributed by atoms with E-state index in [9.17, 15) is 9.59 Å². The zero-order chi connectivity index (χ0) is 37.6. The van der Waals surface area contributed by atoms with Crippen LogP contribution in [0.2, 0.25) is 0 Å². The van der Waals surface area contributed by atoms with Gasteiger partial charge in [-0.1, -0.05) is 47.9 Å². The highest BCUT2D eigenvalue weighted by Crippen LogP contribution is 2.17. The molecule has 274 valence electrons. The largest absolute Gasteiger partial charge is 0.490 e. The summed E-state index contributed by atoms with van der Waals surface area (Å²) in [6.45, 7) is 12.6.